The maximum atomic E-state index is 11.1. The first-order valence-corrected chi connectivity index (χ1v) is 3.78. The average molecular weight is 194 g/mol. The van der Waals surface area contributed by atoms with E-state index in [0.29, 0.717) is 0 Å². The van der Waals surface area contributed by atoms with Gasteiger partial charge in [-0.1, -0.05) is 0 Å². The number of imidazole rings is 1. The van der Waals surface area contributed by atoms with E-state index < -0.39 is 11.5 Å². The maximum Gasteiger partial charge on any atom is 0.330 e. The van der Waals surface area contributed by atoms with Gasteiger partial charge in [-0.3, -0.25) is 4.79 Å². The van der Waals surface area contributed by atoms with E-state index in [-0.39, 0.29) is 11.2 Å². The summed E-state index contributed by atoms with van der Waals surface area (Å²) < 4.78 is 1.04. The number of fused-ring (bicyclic) bond motifs is 1. The first kappa shape index (κ1) is 8.42. The first-order chi connectivity index (χ1) is 6.68. The second-order valence-corrected chi connectivity index (χ2v) is 2.56. The van der Waals surface area contributed by atoms with Crippen LogP contribution in [0.1, 0.15) is 6.92 Å². The SMILES string of the molecule is CC(=O)On1cnc(=O)c2[nH]cnc21. The van der Waals surface area contributed by atoms with Crippen molar-refractivity contribution in [3.8, 4) is 0 Å². The van der Waals surface area contributed by atoms with Gasteiger partial charge in [0.1, 0.15) is 6.33 Å². The van der Waals surface area contributed by atoms with Crippen molar-refractivity contribution >= 4 is 17.1 Å². The molecule has 0 saturated heterocycles. The molecule has 0 aromatic carbocycles. The van der Waals surface area contributed by atoms with Gasteiger partial charge in [0.05, 0.1) is 6.33 Å². The minimum Gasteiger partial charge on any atom is -0.339 e. The number of nitrogens with one attached hydrogen (secondary N) is 1. The highest BCUT2D eigenvalue weighted by Crippen LogP contribution is 1.99. The molecule has 14 heavy (non-hydrogen) atoms. The molecule has 7 heteroatoms. The first-order valence-electron chi connectivity index (χ1n) is 3.78. The normalized spacial score (nSPS) is 10.4. The summed E-state index contributed by atoms with van der Waals surface area (Å²) in [4.78, 5) is 36.5. The second kappa shape index (κ2) is 2.95. The maximum absolute atomic E-state index is 11.1. The van der Waals surface area contributed by atoms with Crippen molar-refractivity contribution in [2.45, 2.75) is 6.92 Å². The average Bonchev–Trinajstić information content (AvgIpc) is 2.58. The van der Waals surface area contributed by atoms with Gasteiger partial charge >= 0.3 is 5.97 Å². The zero-order valence-electron chi connectivity index (χ0n) is 7.22. The number of hydrogen-bond donors (Lipinski definition) is 1. The van der Waals surface area contributed by atoms with Gasteiger partial charge in [0, 0.05) is 6.92 Å². The van der Waals surface area contributed by atoms with Crippen molar-refractivity contribution in [3.05, 3.63) is 23.0 Å². The molecule has 0 spiro atoms. The largest absolute Gasteiger partial charge is 0.339 e. The standard InChI is InChI=1S/C7H6N4O3/c1-4(12)14-11-3-10-7(13)5-6(11)9-2-8-5/h2-3H,1H3,(H,8,9). The summed E-state index contributed by atoms with van der Waals surface area (Å²) >= 11 is 0. The molecule has 0 unspecified atom stereocenters. The van der Waals surface area contributed by atoms with E-state index in [1.165, 1.54) is 13.3 Å². The molecule has 2 aromatic heterocycles. The van der Waals surface area contributed by atoms with Crippen molar-refractivity contribution in [2.24, 2.45) is 0 Å². The molecule has 0 saturated carbocycles. The lowest BCUT2D eigenvalue weighted by Crippen LogP contribution is -2.21. The van der Waals surface area contributed by atoms with Crippen LogP contribution < -0.4 is 10.4 Å². The number of nitrogens with zero attached hydrogens (tertiary/aromatic N) is 3. The predicted octanol–water partition coefficient (Wildman–Crippen LogP) is -0.905. The minimum atomic E-state index is -0.514. The fourth-order valence-corrected chi connectivity index (χ4v) is 1.04. The Balaban J connectivity index is 2.66. The lowest BCUT2D eigenvalue weighted by atomic mass is 10.5. The smallest absolute Gasteiger partial charge is 0.330 e. The molecular weight excluding hydrogens is 188 g/mol. The van der Waals surface area contributed by atoms with Crippen LogP contribution >= 0.6 is 0 Å². The van der Waals surface area contributed by atoms with Gasteiger partial charge in [-0.15, -0.1) is 4.73 Å². The summed E-state index contributed by atoms with van der Waals surface area (Å²) in [7, 11) is 0. The number of aromatic amines is 1. The van der Waals surface area contributed by atoms with E-state index in [0.717, 1.165) is 11.1 Å². The number of carbonyl (C=O) groups excluding carboxylic acids is 1. The molecule has 72 valence electrons. The topological polar surface area (TPSA) is 89.9 Å². The summed E-state index contributed by atoms with van der Waals surface area (Å²) in [5.41, 5.74) is -0.00477. The Morgan fingerprint density at radius 2 is 2.36 bits per heavy atom. The molecule has 0 aliphatic heterocycles. The Hall–Kier alpha value is -2.18. The summed E-state index contributed by atoms with van der Waals surface area (Å²) in [6.45, 7) is 1.25. The summed E-state index contributed by atoms with van der Waals surface area (Å²) in [5.74, 6) is -0.514. The quantitative estimate of drug-likeness (QED) is 0.635. The highest BCUT2D eigenvalue weighted by molar-refractivity contribution is 5.71. The van der Waals surface area contributed by atoms with Crippen LogP contribution in [0.15, 0.2) is 17.4 Å². The van der Waals surface area contributed by atoms with Gasteiger partial charge in [-0.25, -0.2) is 9.78 Å². The fourth-order valence-electron chi connectivity index (χ4n) is 1.04. The van der Waals surface area contributed by atoms with Crippen LogP contribution in [0.2, 0.25) is 0 Å². The molecule has 1 N–H and O–H groups in total. The molecule has 2 rings (SSSR count). The van der Waals surface area contributed by atoms with E-state index in [4.69, 9.17) is 4.84 Å². The van der Waals surface area contributed by atoms with Crippen LogP contribution in [0.5, 0.6) is 0 Å². The zero-order chi connectivity index (χ0) is 10.1. The zero-order valence-corrected chi connectivity index (χ0v) is 7.22. The third-order valence-corrected chi connectivity index (χ3v) is 1.55. The molecule has 2 heterocycles. The van der Waals surface area contributed by atoms with Crippen LogP contribution in [-0.4, -0.2) is 25.7 Å². The van der Waals surface area contributed by atoms with Gasteiger partial charge in [0.25, 0.3) is 5.56 Å². The number of rotatable bonds is 1. The summed E-state index contributed by atoms with van der Waals surface area (Å²) in [5, 5.41) is 0. The predicted molar refractivity (Wildman–Crippen MR) is 45.4 cm³/mol. The Bertz CT molecular complexity index is 541. The summed E-state index contributed by atoms with van der Waals surface area (Å²) in [6, 6.07) is 0. The van der Waals surface area contributed by atoms with E-state index in [1.54, 1.807) is 0 Å². The molecular formula is C7H6N4O3. The number of aromatic nitrogens is 4. The molecule has 0 fully saturated rings. The van der Waals surface area contributed by atoms with Crippen molar-refractivity contribution in [3.63, 3.8) is 0 Å². The number of hydrogen-bond acceptors (Lipinski definition) is 5. The van der Waals surface area contributed by atoms with Crippen molar-refractivity contribution in [1.82, 2.24) is 19.7 Å². The monoisotopic (exact) mass is 194 g/mol. The van der Waals surface area contributed by atoms with Crippen LogP contribution in [-0.2, 0) is 4.79 Å². The van der Waals surface area contributed by atoms with Crippen LogP contribution in [0.3, 0.4) is 0 Å². The van der Waals surface area contributed by atoms with Gasteiger partial charge < -0.3 is 9.82 Å². The van der Waals surface area contributed by atoms with Crippen molar-refractivity contribution in [2.75, 3.05) is 0 Å². The molecule has 0 amide bonds. The van der Waals surface area contributed by atoms with E-state index >= 15 is 0 Å². The Labute approximate surface area is 77.3 Å². The lowest BCUT2D eigenvalue weighted by Gasteiger charge is -2.02. The van der Waals surface area contributed by atoms with Gasteiger partial charge in [-0.05, 0) is 0 Å². The van der Waals surface area contributed by atoms with E-state index in [2.05, 4.69) is 15.0 Å². The molecule has 0 atom stereocenters. The highest BCUT2D eigenvalue weighted by atomic mass is 16.7. The highest BCUT2D eigenvalue weighted by Gasteiger charge is 2.07. The Kier molecular flexibility index (Phi) is 1.77. The summed E-state index contributed by atoms with van der Waals surface area (Å²) in [6.07, 6.45) is 2.43. The number of carbonyl (C=O) groups is 1. The second-order valence-electron chi connectivity index (χ2n) is 2.56. The van der Waals surface area contributed by atoms with Crippen LogP contribution in [0, 0.1) is 0 Å². The Morgan fingerprint density at radius 3 is 3.07 bits per heavy atom. The van der Waals surface area contributed by atoms with Gasteiger partial charge in [0.2, 0.25) is 5.65 Å². The minimum absolute atomic E-state index is 0.203. The lowest BCUT2D eigenvalue weighted by molar-refractivity contribution is -0.141. The van der Waals surface area contributed by atoms with Gasteiger partial charge in [0.15, 0.2) is 5.52 Å². The third-order valence-electron chi connectivity index (χ3n) is 1.55. The van der Waals surface area contributed by atoms with Crippen LogP contribution in [0.25, 0.3) is 11.2 Å². The molecule has 0 aliphatic carbocycles. The third kappa shape index (κ3) is 1.24. The Morgan fingerprint density at radius 1 is 1.57 bits per heavy atom. The number of H-pyrrole nitrogens is 1. The fraction of sp³-hybridized carbons (Fsp3) is 0.143. The molecule has 0 aliphatic rings. The molecule has 0 radical (unpaired) electrons. The van der Waals surface area contributed by atoms with Crippen LogP contribution in [0.4, 0.5) is 0 Å². The van der Waals surface area contributed by atoms with E-state index in [9.17, 15) is 9.59 Å². The van der Waals surface area contributed by atoms with Crippen molar-refractivity contribution in [1.29, 1.82) is 0 Å². The molecule has 2 aromatic rings. The molecule has 0 bridgehead atoms. The van der Waals surface area contributed by atoms with Gasteiger partial charge in [-0.2, -0.15) is 4.98 Å². The van der Waals surface area contributed by atoms with E-state index in [1.807, 2.05) is 0 Å². The molecule has 7 nitrogen and oxygen atoms in total. The van der Waals surface area contributed by atoms with Crippen molar-refractivity contribution < 1.29 is 9.63 Å².